The van der Waals surface area contributed by atoms with E-state index in [2.05, 4.69) is 10.1 Å². The van der Waals surface area contributed by atoms with Crippen LogP contribution in [0, 0.1) is 0 Å². The molecule has 22 heavy (non-hydrogen) atoms. The Balaban J connectivity index is 2.12. The van der Waals surface area contributed by atoms with Crippen LogP contribution in [0.1, 0.15) is 29.4 Å². The van der Waals surface area contributed by atoms with Crippen molar-refractivity contribution >= 4 is 16.9 Å². The Hall–Kier alpha value is -2.70. The number of para-hydroxylation sites is 1. The van der Waals surface area contributed by atoms with Gasteiger partial charge in [0, 0.05) is 10.9 Å². The Labute approximate surface area is 124 Å². The highest BCUT2D eigenvalue weighted by atomic mass is 19.3. The normalized spacial score (nSPS) is 11.3. The number of carbonyl (C=O) groups excluding carboxylic acids is 1. The van der Waals surface area contributed by atoms with E-state index in [0.29, 0.717) is 5.82 Å². The zero-order valence-electron chi connectivity index (χ0n) is 11.7. The Morgan fingerprint density at radius 1 is 1.41 bits per heavy atom. The van der Waals surface area contributed by atoms with Gasteiger partial charge >= 0.3 is 5.97 Å². The lowest BCUT2D eigenvalue weighted by molar-refractivity contribution is 0.0514. The van der Waals surface area contributed by atoms with Crippen LogP contribution in [-0.4, -0.2) is 27.3 Å². The first-order valence-corrected chi connectivity index (χ1v) is 6.73. The second kappa shape index (κ2) is 5.59. The van der Waals surface area contributed by atoms with E-state index in [4.69, 9.17) is 4.74 Å². The average Bonchev–Trinajstić information content (AvgIpc) is 3.11. The lowest BCUT2D eigenvalue weighted by Gasteiger charge is -2.06. The number of nitrogens with zero attached hydrogens (tertiary/aromatic N) is 2. The molecule has 2 heterocycles. The SMILES string of the molecule is CCOC(=O)c1cnn(-c2cc3ccccc3[nH]2)c1C(F)F. The minimum atomic E-state index is -2.85. The predicted octanol–water partition coefficient (Wildman–Crippen LogP) is 3.47. The summed E-state index contributed by atoms with van der Waals surface area (Å²) in [5.74, 6) is -0.438. The fourth-order valence-corrected chi connectivity index (χ4v) is 2.30. The van der Waals surface area contributed by atoms with Gasteiger partial charge in [0.15, 0.2) is 0 Å². The first-order chi connectivity index (χ1) is 10.6. The van der Waals surface area contributed by atoms with Crippen molar-refractivity contribution in [2.45, 2.75) is 13.3 Å². The van der Waals surface area contributed by atoms with E-state index in [1.165, 1.54) is 0 Å². The predicted molar refractivity (Wildman–Crippen MR) is 76.3 cm³/mol. The highest BCUT2D eigenvalue weighted by Gasteiger charge is 2.26. The molecule has 0 spiro atoms. The number of aromatic amines is 1. The number of esters is 1. The third kappa shape index (κ3) is 2.34. The van der Waals surface area contributed by atoms with Gasteiger partial charge in [-0.3, -0.25) is 0 Å². The molecule has 0 fully saturated rings. The summed E-state index contributed by atoms with van der Waals surface area (Å²) in [5, 5.41) is 4.78. The zero-order valence-corrected chi connectivity index (χ0v) is 11.7. The van der Waals surface area contributed by atoms with Gasteiger partial charge < -0.3 is 9.72 Å². The molecule has 0 amide bonds. The Kier molecular flexibility index (Phi) is 3.62. The molecule has 114 valence electrons. The topological polar surface area (TPSA) is 59.9 Å². The number of alkyl halides is 2. The van der Waals surface area contributed by atoms with Crippen molar-refractivity contribution in [1.29, 1.82) is 0 Å². The van der Waals surface area contributed by atoms with Crippen LogP contribution in [0.5, 0.6) is 0 Å². The van der Waals surface area contributed by atoms with Crippen LogP contribution >= 0.6 is 0 Å². The largest absolute Gasteiger partial charge is 0.462 e. The summed E-state index contributed by atoms with van der Waals surface area (Å²) in [6, 6.07) is 9.07. The van der Waals surface area contributed by atoms with E-state index in [0.717, 1.165) is 21.8 Å². The highest BCUT2D eigenvalue weighted by molar-refractivity contribution is 5.91. The molecule has 0 saturated carbocycles. The van der Waals surface area contributed by atoms with Crippen molar-refractivity contribution < 1.29 is 18.3 Å². The molecule has 2 aromatic heterocycles. The number of halogens is 2. The number of ether oxygens (including phenoxy) is 1. The molecular weight excluding hydrogens is 292 g/mol. The fourth-order valence-electron chi connectivity index (χ4n) is 2.30. The Morgan fingerprint density at radius 2 is 2.18 bits per heavy atom. The molecular formula is C15H13F2N3O2. The number of H-pyrrole nitrogens is 1. The first-order valence-electron chi connectivity index (χ1n) is 6.73. The Bertz CT molecular complexity index is 790. The van der Waals surface area contributed by atoms with Crippen molar-refractivity contribution in [2.75, 3.05) is 6.61 Å². The lowest BCUT2D eigenvalue weighted by atomic mass is 10.2. The van der Waals surface area contributed by atoms with E-state index in [9.17, 15) is 13.6 Å². The Morgan fingerprint density at radius 3 is 2.86 bits per heavy atom. The number of rotatable bonds is 4. The van der Waals surface area contributed by atoms with Crippen molar-refractivity contribution in [1.82, 2.24) is 14.8 Å². The van der Waals surface area contributed by atoms with Gasteiger partial charge in [-0.1, -0.05) is 18.2 Å². The monoisotopic (exact) mass is 305 g/mol. The van der Waals surface area contributed by atoms with Gasteiger partial charge in [0.2, 0.25) is 0 Å². The van der Waals surface area contributed by atoms with E-state index in [1.807, 2.05) is 24.3 Å². The van der Waals surface area contributed by atoms with Gasteiger partial charge in [0.25, 0.3) is 6.43 Å². The highest BCUT2D eigenvalue weighted by Crippen LogP contribution is 2.27. The smallest absolute Gasteiger partial charge is 0.341 e. The first kappa shape index (κ1) is 14.2. The summed E-state index contributed by atoms with van der Waals surface area (Å²) in [4.78, 5) is 14.8. The number of hydrogen-bond acceptors (Lipinski definition) is 3. The van der Waals surface area contributed by atoms with Gasteiger partial charge in [-0.2, -0.15) is 5.10 Å². The van der Waals surface area contributed by atoms with Gasteiger partial charge in [0.05, 0.1) is 12.8 Å². The minimum absolute atomic E-state index is 0.110. The molecule has 7 heteroatoms. The number of hydrogen-bond donors (Lipinski definition) is 1. The van der Waals surface area contributed by atoms with Crippen LogP contribution < -0.4 is 0 Å². The summed E-state index contributed by atoms with van der Waals surface area (Å²) in [6.45, 7) is 1.72. The molecule has 0 bridgehead atoms. The van der Waals surface area contributed by atoms with E-state index < -0.39 is 18.1 Å². The van der Waals surface area contributed by atoms with Crippen LogP contribution in [0.2, 0.25) is 0 Å². The molecule has 0 aliphatic carbocycles. The van der Waals surface area contributed by atoms with Gasteiger partial charge in [-0.25, -0.2) is 18.3 Å². The van der Waals surface area contributed by atoms with E-state index in [-0.39, 0.29) is 12.2 Å². The van der Waals surface area contributed by atoms with Crippen LogP contribution in [0.4, 0.5) is 8.78 Å². The lowest BCUT2D eigenvalue weighted by Crippen LogP contribution is -2.10. The molecule has 1 N–H and O–H groups in total. The third-order valence-corrected chi connectivity index (χ3v) is 3.25. The summed E-state index contributed by atoms with van der Waals surface area (Å²) in [5.41, 5.74) is 0.0893. The second-order valence-electron chi connectivity index (χ2n) is 4.62. The van der Waals surface area contributed by atoms with Crippen LogP contribution in [0.3, 0.4) is 0 Å². The van der Waals surface area contributed by atoms with Gasteiger partial charge in [-0.05, 0) is 19.1 Å². The maximum absolute atomic E-state index is 13.4. The molecule has 3 rings (SSSR count). The number of carbonyl (C=O) groups is 1. The molecule has 0 aliphatic rings. The molecule has 0 saturated heterocycles. The molecule has 0 unspecified atom stereocenters. The average molecular weight is 305 g/mol. The van der Waals surface area contributed by atoms with Crippen LogP contribution in [-0.2, 0) is 4.74 Å². The fraction of sp³-hybridized carbons (Fsp3) is 0.200. The summed E-state index contributed by atoms with van der Waals surface area (Å²) in [6.07, 6.45) is -1.75. The number of benzene rings is 1. The molecule has 0 radical (unpaired) electrons. The summed E-state index contributed by atoms with van der Waals surface area (Å²) < 4.78 is 32.6. The molecule has 3 aromatic rings. The maximum Gasteiger partial charge on any atom is 0.341 e. The number of nitrogens with one attached hydrogen (secondary N) is 1. The van der Waals surface area contributed by atoms with Crippen molar-refractivity contribution in [3.05, 3.63) is 47.8 Å². The molecule has 0 aliphatic heterocycles. The van der Waals surface area contributed by atoms with Crippen molar-refractivity contribution in [3.8, 4) is 5.82 Å². The third-order valence-electron chi connectivity index (χ3n) is 3.25. The quantitative estimate of drug-likeness (QED) is 0.751. The van der Waals surface area contributed by atoms with E-state index in [1.54, 1.807) is 13.0 Å². The van der Waals surface area contributed by atoms with Crippen molar-refractivity contribution in [2.24, 2.45) is 0 Å². The van der Waals surface area contributed by atoms with E-state index >= 15 is 0 Å². The standard InChI is InChI=1S/C15H13F2N3O2/c1-2-22-15(21)10-8-18-20(13(10)14(16)17)12-7-9-5-3-4-6-11(9)19-12/h3-8,14,19H,2H2,1H3. The maximum atomic E-state index is 13.4. The van der Waals surface area contributed by atoms with Crippen LogP contribution in [0.15, 0.2) is 36.5 Å². The van der Waals surface area contributed by atoms with Crippen LogP contribution in [0.25, 0.3) is 16.7 Å². The molecule has 5 nitrogen and oxygen atoms in total. The summed E-state index contributed by atoms with van der Waals surface area (Å²) in [7, 11) is 0. The summed E-state index contributed by atoms with van der Waals surface area (Å²) >= 11 is 0. The molecule has 1 aromatic carbocycles. The number of fused-ring (bicyclic) bond motifs is 1. The van der Waals surface area contributed by atoms with Gasteiger partial charge in [-0.15, -0.1) is 0 Å². The molecule has 0 atom stereocenters. The van der Waals surface area contributed by atoms with Crippen molar-refractivity contribution in [3.63, 3.8) is 0 Å². The second-order valence-corrected chi connectivity index (χ2v) is 4.62. The zero-order chi connectivity index (χ0) is 15.7. The van der Waals surface area contributed by atoms with Gasteiger partial charge in [0.1, 0.15) is 17.1 Å². The minimum Gasteiger partial charge on any atom is -0.462 e. The number of aromatic nitrogens is 3.